The Kier molecular flexibility index (Phi) is 5.94. The van der Waals surface area contributed by atoms with Gasteiger partial charge in [0.1, 0.15) is 10.6 Å². The first-order valence-electron chi connectivity index (χ1n) is 9.81. The predicted molar refractivity (Wildman–Crippen MR) is 111 cm³/mol. The molecule has 3 aromatic heterocycles. The highest BCUT2D eigenvalue weighted by molar-refractivity contribution is 7.16. The van der Waals surface area contributed by atoms with E-state index < -0.39 is 11.7 Å². The number of hydrogen-bond acceptors (Lipinski definition) is 6. The summed E-state index contributed by atoms with van der Waals surface area (Å²) in [6.07, 6.45) is -0.609. The van der Waals surface area contributed by atoms with E-state index in [-0.39, 0.29) is 30.5 Å². The average Bonchev–Trinajstić information content (AvgIpc) is 3.23. The van der Waals surface area contributed by atoms with E-state index in [1.165, 1.54) is 28.3 Å². The van der Waals surface area contributed by atoms with E-state index in [0.717, 1.165) is 12.3 Å². The molecule has 7 nitrogen and oxygen atoms in total. The SMILES string of the molecule is O=C(CCn1cnc2sccc2c1=O)NC1CCN(c2ccc(C(F)(F)F)cn2)CC1. The van der Waals surface area contributed by atoms with Crippen LogP contribution in [-0.2, 0) is 17.5 Å². The summed E-state index contributed by atoms with van der Waals surface area (Å²) in [7, 11) is 0. The van der Waals surface area contributed by atoms with Crippen LogP contribution in [0.4, 0.5) is 19.0 Å². The molecule has 11 heteroatoms. The zero-order valence-corrected chi connectivity index (χ0v) is 17.2. The maximum Gasteiger partial charge on any atom is 0.417 e. The number of halogens is 3. The number of alkyl halides is 3. The molecule has 1 aliphatic heterocycles. The molecule has 0 aromatic carbocycles. The van der Waals surface area contributed by atoms with Gasteiger partial charge in [0.25, 0.3) is 5.56 Å². The summed E-state index contributed by atoms with van der Waals surface area (Å²) in [6, 6.07) is 4.11. The van der Waals surface area contributed by atoms with Crippen molar-refractivity contribution >= 4 is 33.3 Å². The zero-order chi connectivity index (χ0) is 22.0. The summed E-state index contributed by atoms with van der Waals surface area (Å²) in [6.45, 7) is 1.42. The van der Waals surface area contributed by atoms with Crippen molar-refractivity contribution in [3.05, 3.63) is 52.0 Å². The van der Waals surface area contributed by atoms with Crippen molar-refractivity contribution < 1.29 is 18.0 Å². The van der Waals surface area contributed by atoms with Crippen LogP contribution >= 0.6 is 11.3 Å². The van der Waals surface area contributed by atoms with Crippen molar-refractivity contribution in [3.63, 3.8) is 0 Å². The highest BCUT2D eigenvalue weighted by Crippen LogP contribution is 2.29. The fraction of sp³-hybridized carbons (Fsp3) is 0.400. The molecule has 1 amide bonds. The van der Waals surface area contributed by atoms with Gasteiger partial charge in [-0.25, -0.2) is 9.97 Å². The molecule has 1 saturated heterocycles. The molecular weight excluding hydrogens is 431 g/mol. The van der Waals surface area contributed by atoms with Crippen LogP contribution in [0.3, 0.4) is 0 Å². The topological polar surface area (TPSA) is 80.1 Å². The largest absolute Gasteiger partial charge is 0.417 e. The maximum absolute atomic E-state index is 12.7. The van der Waals surface area contributed by atoms with E-state index in [1.54, 1.807) is 6.07 Å². The zero-order valence-electron chi connectivity index (χ0n) is 16.4. The van der Waals surface area contributed by atoms with Crippen molar-refractivity contribution in [2.24, 2.45) is 0 Å². The second-order valence-corrected chi connectivity index (χ2v) is 8.26. The van der Waals surface area contributed by atoms with Crippen LogP contribution in [0.5, 0.6) is 0 Å². The summed E-state index contributed by atoms with van der Waals surface area (Å²) in [4.78, 5) is 35.4. The number of hydrogen-bond donors (Lipinski definition) is 1. The van der Waals surface area contributed by atoms with E-state index in [2.05, 4.69) is 15.3 Å². The third-order valence-electron chi connectivity index (χ3n) is 5.29. The highest BCUT2D eigenvalue weighted by Gasteiger charge is 2.31. The van der Waals surface area contributed by atoms with Crippen molar-refractivity contribution in [2.45, 2.75) is 38.0 Å². The Balaban J connectivity index is 1.26. The molecule has 0 aliphatic carbocycles. The molecule has 3 aromatic rings. The van der Waals surface area contributed by atoms with Gasteiger partial charge in [0.15, 0.2) is 0 Å². The number of rotatable bonds is 5. The van der Waals surface area contributed by atoms with E-state index in [1.807, 2.05) is 10.3 Å². The Morgan fingerprint density at radius 1 is 1.19 bits per heavy atom. The smallest absolute Gasteiger partial charge is 0.356 e. The number of nitrogens with zero attached hydrogens (tertiary/aromatic N) is 4. The minimum Gasteiger partial charge on any atom is -0.356 e. The number of piperidine rings is 1. The van der Waals surface area contributed by atoms with Crippen LogP contribution in [0.15, 0.2) is 40.9 Å². The van der Waals surface area contributed by atoms with E-state index in [9.17, 15) is 22.8 Å². The number of pyridine rings is 1. The lowest BCUT2D eigenvalue weighted by molar-refractivity contribution is -0.137. The molecule has 4 heterocycles. The number of aromatic nitrogens is 3. The first-order valence-corrected chi connectivity index (χ1v) is 10.7. The lowest BCUT2D eigenvalue weighted by Gasteiger charge is -2.33. The van der Waals surface area contributed by atoms with Gasteiger partial charge in [0.2, 0.25) is 5.91 Å². The lowest BCUT2D eigenvalue weighted by Crippen LogP contribution is -2.45. The van der Waals surface area contributed by atoms with Crippen LogP contribution in [0.1, 0.15) is 24.8 Å². The van der Waals surface area contributed by atoms with Crippen LogP contribution < -0.4 is 15.8 Å². The second kappa shape index (κ2) is 8.66. The summed E-state index contributed by atoms with van der Waals surface area (Å²) >= 11 is 1.40. The molecular formula is C20H20F3N5O2S. The summed E-state index contributed by atoms with van der Waals surface area (Å²) < 4.78 is 39.4. The molecule has 0 bridgehead atoms. The Bertz CT molecular complexity index is 1120. The van der Waals surface area contributed by atoms with Crippen molar-refractivity contribution in [3.8, 4) is 0 Å². The van der Waals surface area contributed by atoms with E-state index in [4.69, 9.17) is 0 Å². The molecule has 0 spiro atoms. The molecule has 1 fully saturated rings. The fourth-order valence-electron chi connectivity index (χ4n) is 3.57. The molecule has 0 unspecified atom stereocenters. The number of amides is 1. The molecule has 1 N–H and O–H groups in total. The van der Waals surface area contributed by atoms with E-state index >= 15 is 0 Å². The highest BCUT2D eigenvalue weighted by atomic mass is 32.1. The first kappa shape index (κ1) is 21.3. The van der Waals surface area contributed by atoms with Gasteiger partial charge in [-0.3, -0.25) is 14.2 Å². The molecule has 0 atom stereocenters. The Morgan fingerprint density at radius 2 is 1.97 bits per heavy atom. The normalized spacial score (nSPS) is 15.4. The molecule has 0 radical (unpaired) electrons. The maximum atomic E-state index is 12.7. The third-order valence-corrected chi connectivity index (χ3v) is 6.11. The van der Waals surface area contributed by atoms with Gasteiger partial charge in [0, 0.05) is 38.3 Å². The minimum absolute atomic E-state index is 0.0209. The Labute approximate surface area is 179 Å². The van der Waals surface area contributed by atoms with Gasteiger partial charge in [-0.05, 0) is 36.4 Å². The molecule has 164 valence electrons. The third kappa shape index (κ3) is 4.87. The average molecular weight is 451 g/mol. The lowest BCUT2D eigenvalue weighted by atomic mass is 10.0. The number of nitrogens with one attached hydrogen (secondary N) is 1. The van der Waals surface area contributed by atoms with Crippen molar-refractivity contribution in [2.75, 3.05) is 18.0 Å². The Morgan fingerprint density at radius 3 is 2.65 bits per heavy atom. The number of carbonyl (C=O) groups excluding carboxylic acids is 1. The second-order valence-electron chi connectivity index (χ2n) is 7.36. The molecule has 31 heavy (non-hydrogen) atoms. The van der Waals surface area contributed by atoms with Crippen molar-refractivity contribution in [1.29, 1.82) is 0 Å². The Hall–Kier alpha value is -2.95. The minimum atomic E-state index is -4.40. The first-order chi connectivity index (χ1) is 14.8. The monoisotopic (exact) mass is 451 g/mol. The number of thiophene rings is 1. The van der Waals surface area contributed by atoms with Crippen molar-refractivity contribution in [1.82, 2.24) is 19.9 Å². The predicted octanol–water partition coefficient (Wildman–Crippen LogP) is 3.05. The van der Waals surface area contributed by atoms with Gasteiger partial charge in [-0.2, -0.15) is 13.2 Å². The van der Waals surface area contributed by atoms with E-state index in [0.29, 0.717) is 42.0 Å². The summed E-state index contributed by atoms with van der Waals surface area (Å²) in [5.41, 5.74) is -0.928. The van der Waals surface area contributed by atoms with Gasteiger partial charge in [-0.1, -0.05) is 0 Å². The number of anilines is 1. The number of aryl methyl sites for hydroxylation is 1. The molecule has 1 aliphatic rings. The molecule has 4 rings (SSSR count). The quantitative estimate of drug-likeness (QED) is 0.645. The van der Waals surface area contributed by atoms with Gasteiger partial charge in [-0.15, -0.1) is 11.3 Å². The number of carbonyl (C=O) groups is 1. The number of fused-ring (bicyclic) bond motifs is 1. The fourth-order valence-corrected chi connectivity index (χ4v) is 4.29. The van der Waals surface area contributed by atoms with Crippen LogP contribution in [0.25, 0.3) is 10.2 Å². The van der Waals surface area contributed by atoms with Crippen LogP contribution in [0, 0.1) is 0 Å². The van der Waals surface area contributed by atoms with Gasteiger partial charge in [0.05, 0.1) is 17.3 Å². The molecule has 0 saturated carbocycles. The van der Waals surface area contributed by atoms with Gasteiger partial charge >= 0.3 is 6.18 Å². The van der Waals surface area contributed by atoms with Crippen LogP contribution in [0.2, 0.25) is 0 Å². The summed E-state index contributed by atoms with van der Waals surface area (Å²) in [5, 5.41) is 5.33. The summed E-state index contributed by atoms with van der Waals surface area (Å²) in [5.74, 6) is 0.344. The van der Waals surface area contributed by atoms with Gasteiger partial charge < -0.3 is 10.2 Å². The standard InChI is InChI=1S/C20H20F3N5O2S/c21-20(22,23)13-1-2-16(24-11-13)27-7-3-14(4-8-27)26-17(29)5-9-28-12-25-18-15(19(28)30)6-10-31-18/h1-2,6,10-12,14H,3-5,7-9H2,(H,26,29). The van der Waals surface area contributed by atoms with Crippen LogP contribution in [-0.4, -0.2) is 39.6 Å².